The molecule has 0 aliphatic carbocycles. The van der Waals surface area contributed by atoms with Crippen LogP contribution in [0.5, 0.6) is 5.75 Å². The van der Waals surface area contributed by atoms with Crippen LogP contribution in [-0.2, 0) is 0 Å². The summed E-state index contributed by atoms with van der Waals surface area (Å²) in [5, 5.41) is 0. The van der Waals surface area contributed by atoms with E-state index in [4.69, 9.17) is 4.74 Å². The summed E-state index contributed by atoms with van der Waals surface area (Å²) in [4.78, 5) is 13.1. The molecule has 0 aliphatic heterocycles. The Kier molecular flexibility index (Phi) is 4.89. The van der Waals surface area contributed by atoms with Crippen molar-refractivity contribution in [2.75, 3.05) is 7.11 Å². The molecule has 0 bridgehead atoms. The normalized spacial score (nSPS) is 10.7. The van der Waals surface area contributed by atoms with Gasteiger partial charge in [0, 0.05) is 5.56 Å². The minimum absolute atomic E-state index is 0.152. The fourth-order valence-corrected chi connectivity index (χ4v) is 2.73. The first-order valence-electron chi connectivity index (χ1n) is 7.77. The third-order valence-corrected chi connectivity index (χ3v) is 4.04. The van der Waals surface area contributed by atoms with E-state index in [-0.39, 0.29) is 17.4 Å². The molecule has 0 N–H and O–H groups in total. The Labute approximate surface area is 144 Å². The van der Waals surface area contributed by atoms with Crippen LogP contribution >= 0.6 is 0 Å². The molecule has 3 aromatic carbocycles. The largest absolute Gasteiger partial charge is 0.497 e. The maximum absolute atomic E-state index is 13.3. The number of ketones is 1. The number of halogens is 2. The summed E-state index contributed by atoms with van der Waals surface area (Å²) in [5.41, 5.74) is 1.79. The minimum atomic E-state index is -0.644. The van der Waals surface area contributed by atoms with Crippen molar-refractivity contribution in [3.05, 3.63) is 101 Å². The minimum Gasteiger partial charge on any atom is -0.497 e. The number of Topliss-reactive ketones (excluding diaryl/α,β-unsaturated/α-hetero) is 1. The van der Waals surface area contributed by atoms with Gasteiger partial charge in [0.25, 0.3) is 0 Å². The topological polar surface area (TPSA) is 26.3 Å². The van der Waals surface area contributed by atoms with Gasteiger partial charge in [-0.1, -0.05) is 24.3 Å². The highest BCUT2D eigenvalue weighted by Crippen LogP contribution is 2.29. The average molecular weight is 338 g/mol. The lowest BCUT2D eigenvalue weighted by Gasteiger charge is -2.17. The molecule has 0 aromatic heterocycles. The molecule has 2 nitrogen and oxygen atoms in total. The molecule has 3 aromatic rings. The quantitative estimate of drug-likeness (QED) is 0.613. The highest BCUT2D eigenvalue weighted by atomic mass is 19.1. The standard InChI is InChI=1S/C21H16F2O2/c1-25-19-12-6-16(7-13-19)21(24)20(14-2-8-17(22)9-3-14)15-4-10-18(23)11-5-15/h2-13,20H,1H3. The summed E-state index contributed by atoms with van der Waals surface area (Å²) in [6.45, 7) is 0. The van der Waals surface area contributed by atoms with E-state index in [1.165, 1.54) is 24.3 Å². The van der Waals surface area contributed by atoms with Gasteiger partial charge in [0.05, 0.1) is 13.0 Å². The zero-order valence-corrected chi connectivity index (χ0v) is 13.6. The number of hydrogen-bond donors (Lipinski definition) is 0. The van der Waals surface area contributed by atoms with Crippen LogP contribution in [0.25, 0.3) is 0 Å². The third kappa shape index (κ3) is 3.74. The second-order valence-corrected chi connectivity index (χ2v) is 5.63. The fourth-order valence-electron chi connectivity index (χ4n) is 2.73. The van der Waals surface area contributed by atoms with Crippen molar-refractivity contribution >= 4 is 5.78 Å². The summed E-state index contributed by atoms with van der Waals surface area (Å²) in [7, 11) is 1.55. The van der Waals surface area contributed by atoms with E-state index in [1.807, 2.05) is 0 Å². The van der Waals surface area contributed by atoms with Crippen molar-refractivity contribution in [1.29, 1.82) is 0 Å². The highest BCUT2D eigenvalue weighted by Gasteiger charge is 2.24. The van der Waals surface area contributed by atoms with Gasteiger partial charge in [-0.15, -0.1) is 0 Å². The van der Waals surface area contributed by atoms with Crippen molar-refractivity contribution in [3.8, 4) is 5.75 Å². The maximum Gasteiger partial charge on any atom is 0.174 e. The molecule has 0 saturated carbocycles. The van der Waals surface area contributed by atoms with Gasteiger partial charge in [0.1, 0.15) is 17.4 Å². The summed E-state index contributed by atoms with van der Waals surface area (Å²) in [5.74, 6) is -0.899. The van der Waals surface area contributed by atoms with Crippen LogP contribution in [0.1, 0.15) is 27.4 Å². The molecular formula is C21H16F2O2. The van der Waals surface area contributed by atoms with Crippen molar-refractivity contribution in [2.24, 2.45) is 0 Å². The Bertz CT molecular complexity index is 808. The molecule has 0 radical (unpaired) electrons. The zero-order valence-electron chi connectivity index (χ0n) is 13.6. The highest BCUT2D eigenvalue weighted by molar-refractivity contribution is 6.03. The second-order valence-electron chi connectivity index (χ2n) is 5.63. The van der Waals surface area contributed by atoms with Gasteiger partial charge in [-0.25, -0.2) is 8.78 Å². The van der Waals surface area contributed by atoms with Gasteiger partial charge in [0.2, 0.25) is 0 Å². The van der Waals surface area contributed by atoms with E-state index in [2.05, 4.69) is 0 Å². The van der Waals surface area contributed by atoms with Gasteiger partial charge >= 0.3 is 0 Å². The third-order valence-electron chi connectivity index (χ3n) is 4.04. The van der Waals surface area contributed by atoms with Crippen LogP contribution in [0.4, 0.5) is 8.78 Å². The lowest BCUT2D eigenvalue weighted by molar-refractivity contribution is 0.0973. The Morgan fingerprint density at radius 3 is 1.60 bits per heavy atom. The van der Waals surface area contributed by atoms with Crippen molar-refractivity contribution in [1.82, 2.24) is 0 Å². The maximum atomic E-state index is 13.3. The number of hydrogen-bond acceptors (Lipinski definition) is 2. The number of carbonyl (C=O) groups excluding carboxylic acids is 1. The number of methoxy groups -OCH3 is 1. The number of ether oxygens (including phenoxy) is 1. The first-order valence-corrected chi connectivity index (χ1v) is 7.77. The monoisotopic (exact) mass is 338 g/mol. The predicted molar refractivity (Wildman–Crippen MR) is 92.0 cm³/mol. The lowest BCUT2D eigenvalue weighted by atomic mass is 9.85. The van der Waals surface area contributed by atoms with Gasteiger partial charge in [-0.05, 0) is 59.7 Å². The van der Waals surface area contributed by atoms with Gasteiger partial charge in [0.15, 0.2) is 5.78 Å². The van der Waals surface area contributed by atoms with E-state index in [1.54, 1.807) is 55.6 Å². The molecule has 126 valence electrons. The van der Waals surface area contributed by atoms with E-state index in [0.29, 0.717) is 22.4 Å². The number of benzene rings is 3. The van der Waals surface area contributed by atoms with Crippen molar-refractivity contribution in [2.45, 2.75) is 5.92 Å². The van der Waals surface area contributed by atoms with Crippen LogP contribution < -0.4 is 4.74 Å². The molecule has 3 rings (SSSR count). The second kappa shape index (κ2) is 7.26. The van der Waals surface area contributed by atoms with Gasteiger partial charge in [-0.2, -0.15) is 0 Å². The van der Waals surface area contributed by atoms with Crippen LogP contribution in [0.15, 0.2) is 72.8 Å². The Morgan fingerprint density at radius 2 is 1.20 bits per heavy atom. The molecule has 4 heteroatoms. The van der Waals surface area contributed by atoms with Gasteiger partial charge in [-0.3, -0.25) is 4.79 Å². The summed E-state index contributed by atoms with van der Waals surface area (Å²) < 4.78 is 31.6. The van der Waals surface area contributed by atoms with E-state index in [0.717, 1.165) is 0 Å². The molecule has 0 unspecified atom stereocenters. The lowest BCUT2D eigenvalue weighted by Crippen LogP contribution is -2.14. The molecule has 0 aliphatic rings. The molecule has 0 saturated heterocycles. The van der Waals surface area contributed by atoms with Crippen molar-refractivity contribution < 1.29 is 18.3 Å². The summed E-state index contributed by atoms with van der Waals surface area (Å²) in [6.07, 6.45) is 0. The molecule has 0 atom stereocenters. The predicted octanol–water partition coefficient (Wildman–Crippen LogP) is 4.99. The van der Waals surface area contributed by atoms with E-state index in [9.17, 15) is 13.6 Å². The Balaban J connectivity index is 2.04. The molecule has 25 heavy (non-hydrogen) atoms. The molecule has 0 amide bonds. The first kappa shape index (κ1) is 16.8. The number of carbonyl (C=O) groups is 1. The molecule has 0 heterocycles. The SMILES string of the molecule is COc1ccc(C(=O)C(c2ccc(F)cc2)c2ccc(F)cc2)cc1. The van der Waals surface area contributed by atoms with E-state index >= 15 is 0 Å². The smallest absolute Gasteiger partial charge is 0.174 e. The molecular weight excluding hydrogens is 322 g/mol. The van der Waals surface area contributed by atoms with Gasteiger partial charge < -0.3 is 4.74 Å². The molecule has 0 fully saturated rings. The zero-order chi connectivity index (χ0) is 17.8. The number of rotatable bonds is 5. The van der Waals surface area contributed by atoms with Crippen LogP contribution in [0.2, 0.25) is 0 Å². The first-order chi connectivity index (χ1) is 12.1. The van der Waals surface area contributed by atoms with Crippen LogP contribution in [-0.4, -0.2) is 12.9 Å². The van der Waals surface area contributed by atoms with Crippen LogP contribution in [0.3, 0.4) is 0 Å². The Morgan fingerprint density at radius 1 is 0.760 bits per heavy atom. The Hall–Kier alpha value is -3.01. The van der Waals surface area contributed by atoms with E-state index < -0.39 is 5.92 Å². The van der Waals surface area contributed by atoms with Crippen molar-refractivity contribution in [3.63, 3.8) is 0 Å². The summed E-state index contributed by atoms with van der Waals surface area (Å²) >= 11 is 0. The molecule has 0 spiro atoms. The fraction of sp³-hybridized carbons (Fsp3) is 0.0952. The van der Waals surface area contributed by atoms with Crippen LogP contribution in [0, 0.1) is 11.6 Å². The average Bonchev–Trinajstić information content (AvgIpc) is 2.65. The summed E-state index contributed by atoms with van der Waals surface area (Å²) in [6, 6.07) is 18.3.